The number of amides is 3. The topological polar surface area (TPSA) is 85.9 Å². The molecule has 0 radical (unpaired) electrons. The highest BCUT2D eigenvalue weighted by Crippen LogP contribution is 2.31. The summed E-state index contributed by atoms with van der Waals surface area (Å²) in [6.07, 6.45) is 2.85. The third-order valence-electron chi connectivity index (χ3n) is 6.43. The van der Waals surface area contributed by atoms with E-state index in [9.17, 15) is 9.59 Å². The second kappa shape index (κ2) is 13.1. The van der Waals surface area contributed by atoms with E-state index in [1.807, 2.05) is 67.8 Å². The summed E-state index contributed by atoms with van der Waals surface area (Å²) < 4.78 is 5.54. The maximum absolute atomic E-state index is 13.1. The molecule has 9 heteroatoms. The van der Waals surface area contributed by atoms with Gasteiger partial charge in [0.25, 0.3) is 5.91 Å². The molecule has 3 aromatic rings. The van der Waals surface area contributed by atoms with E-state index in [-0.39, 0.29) is 11.9 Å². The first-order valence-corrected chi connectivity index (χ1v) is 14.0. The molecule has 0 saturated carbocycles. The Balaban J connectivity index is 1.48. The summed E-state index contributed by atoms with van der Waals surface area (Å²) in [5, 5.41) is 8.70. The van der Waals surface area contributed by atoms with Crippen molar-refractivity contribution in [2.75, 3.05) is 66.5 Å². The molecule has 3 N–H and O–H groups in total. The van der Waals surface area contributed by atoms with Crippen LogP contribution in [-0.4, -0.2) is 58.0 Å². The number of thioether (sulfide) groups is 1. The molecule has 0 unspecified atom stereocenters. The minimum absolute atomic E-state index is 0.147. The molecule has 3 amide bonds. The summed E-state index contributed by atoms with van der Waals surface area (Å²) in [6.45, 7) is 5.72. The zero-order chi connectivity index (χ0) is 26.9. The van der Waals surface area contributed by atoms with Gasteiger partial charge in [-0.05, 0) is 67.3 Å². The van der Waals surface area contributed by atoms with E-state index in [1.54, 1.807) is 24.9 Å². The number of benzene rings is 3. The predicted octanol–water partition coefficient (Wildman–Crippen LogP) is 5.53. The Kier molecular flexibility index (Phi) is 9.37. The van der Waals surface area contributed by atoms with Gasteiger partial charge in [-0.25, -0.2) is 4.79 Å². The standard InChI is InChI=1S/C29H35N5O3S/c1-4-15-30-28(35)24-20-22(32-29(36)31-21-9-12-23(38-3)13-10-21)11-14-25(24)33-16-18-34(19-17-33)26-7-5-6-8-27(26)37-2/h5-14,20H,4,15-19H2,1-3H3,(H,30,35)(H2,31,32,36). The average molecular weight is 534 g/mol. The number of urea groups is 1. The Bertz CT molecular complexity index is 1240. The zero-order valence-corrected chi connectivity index (χ0v) is 22.9. The van der Waals surface area contributed by atoms with E-state index in [2.05, 4.69) is 31.8 Å². The molecule has 8 nitrogen and oxygen atoms in total. The highest BCUT2D eigenvalue weighted by Gasteiger charge is 2.23. The van der Waals surface area contributed by atoms with Crippen molar-refractivity contribution in [3.63, 3.8) is 0 Å². The lowest BCUT2D eigenvalue weighted by Gasteiger charge is -2.38. The number of carbonyl (C=O) groups excluding carboxylic acids is 2. The molecule has 4 rings (SSSR count). The fourth-order valence-electron chi connectivity index (χ4n) is 4.45. The van der Waals surface area contributed by atoms with Crippen LogP contribution in [0, 0.1) is 0 Å². The zero-order valence-electron chi connectivity index (χ0n) is 22.1. The highest BCUT2D eigenvalue weighted by molar-refractivity contribution is 7.98. The Morgan fingerprint density at radius 2 is 1.50 bits per heavy atom. The van der Waals surface area contributed by atoms with E-state index in [4.69, 9.17) is 4.74 Å². The number of ether oxygens (including phenoxy) is 1. The lowest BCUT2D eigenvalue weighted by Crippen LogP contribution is -2.47. The number of nitrogens with zero attached hydrogens (tertiary/aromatic N) is 2. The summed E-state index contributed by atoms with van der Waals surface area (Å²) in [4.78, 5) is 31.4. The van der Waals surface area contributed by atoms with Crippen molar-refractivity contribution in [2.45, 2.75) is 18.2 Å². The van der Waals surface area contributed by atoms with Crippen LogP contribution in [0.1, 0.15) is 23.7 Å². The third kappa shape index (κ3) is 6.72. The van der Waals surface area contributed by atoms with Crippen LogP contribution in [0.5, 0.6) is 5.75 Å². The minimum atomic E-state index is -0.361. The van der Waals surface area contributed by atoms with Gasteiger partial charge in [-0.3, -0.25) is 4.79 Å². The van der Waals surface area contributed by atoms with Crippen molar-refractivity contribution in [3.05, 3.63) is 72.3 Å². The van der Waals surface area contributed by atoms with Crippen LogP contribution in [0.25, 0.3) is 0 Å². The second-order valence-electron chi connectivity index (χ2n) is 8.94. The normalized spacial score (nSPS) is 13.1. The summed E-state index contributed by atoms with van der Waals surface area (Å²) in [7, 11) is 1.69. The Morgan fingerprint density at radius 3 is 2.16 bits per heavy atom. The molecule has 1 aliphatic heterocycles. The number of hydrogen-bond donors (Lipinski definition) is 3. The van der Waals surface area contributed by atoms with Gasteiger partial charge in [0.15, 0.2) is 0 Å². The van der Waals surface area contributed by atoms with Gasteiger partial charge in [0.05, 0.1) is 18.4 Å². The van der Waals surface area contributed by atoms with Crippen LogP contribution in [0.2, 0.25) is 0 Å². The minimum Gasteiger partial charge on any atom is -0.495 e. The van der Waals surface area contributed by atoms with E-state index in [0.717, 1.165) is 54.6 Å². The third-order valence-corrected chi connectivity index (χ3v) is 7.17. The molecule has 0 aromatic heterocycles. The summed E-state index contributed by atoms with van der Waals surface area (Å²) >= 11 is 1.64. The van der Waals surface area contributed by atoms with Crippen LogP contribution in [0.4, 0.5) is 27.5 Å². The van der Waals surface area contributed by atoms with Crippen LogP contribution in [0.15, 0.2) is 71.6 Å². The summed E-state index contributed by atoms with van der Waals surface area (Å²) in [6, 6.07) is 20.8. The van der Waals surface area contributed by atoms with Crippen molar-refractivity contribution >= 4 is 46.4 Å². The van der Waals surface area contributed by atoms with Crippen LogP contribution in [-0.2, 0) is 0 Å². The molecule has 0 aliphatic carbocycles. The van der Waals surface area contributed by atoms with Gasteiger partial charge in [-0.1, -0.05) is 19.1 Å². The largest absolute Gasteiger partial charge is 0.495 e. The maximum atomic E-state index is 13.1. The SMILES string of the molecule is CCCNC(=O)c1cc(NC(=O)Nc2ccc(SC)cc2)ccc1N1CCN(c2ccccc2OC)CC1. The monoisotopic (exact) mass is 533 g/mol. The van der Waals surface area contributed by atoms with E-state index in [1.165, 1.54) is 0 Å². The molecule has 1 saturated heterocycles. The van der Waals surface area contributed by atoms with Gasteiger partial charge in [0.1, 0.15) is 5.75 Å². The lowest BCUT2D eigenvalue weighted by molar-refractivity contribution is 0.0954. The van der Waals surface area contributed by atoms with E-state index >= 15 is 0 Å². The molecule has 0 atom stereocenters. The first-order chi connectivity index (χ1) is 18.5. The highest BCUT2D eigenvalue weighted by atomic mass is 32.2. The Labute approximate surface area is 228 Å². The number of nitrogens with one attached hydrogen (secondary N) is 3. The molecular formula is C29H35N5O3S. The fraction of sp³-hybridized carbons (Fsp3) is 0.310. The van der Waals surface area contributed by atoms with Crippen LogP contribution < -0.4 is 30.5 Å². The molecule has 3 aromatic carbocycles. The van der Waals surface area contributed by atoms with Crippen molar-refractivity contribution in [2.24, 2.45) is 0 Å². The van der Waals surface area contributed by atoms with Gasteiger partial charge in [-0.2, -0.15) is 0 Å². The number of para-hydroxylation sites is 2. The molecule has 1 aliphatic rings. The quantitative estimate of drug-likeness (QED) is 0.314. The number of methoxy groups -OCH3 is 1. The van der Waals surface area contributed by atoms with Gasteiger partial charge in [0.2, 0.25) is 0 Å². The molecule has 1 heterocycles. The summed E-state index contributed by atoms with van der Waals surface area (Å²) in [5.74, 6) is 0.709. The number of anilines is 4. The maximum Gasteiger partial charge on any atom is 0.323 e. The van der Waals surface area contributed by atoms with Gasteiger partial charge in [-0.15, -0.1) is 11.8 Å². The first-order valence-electron chi connectivity index (χ1n) is 12.8. The van der Waals surface area contributed by atoms with Gasteiger partial charge < -0.3 is 30.5 Å². The van der Waals surface area contributed by atoms with Gasteiger partial charge in [0, 0.05) is 54.7 Å². The fourth-order valence-corrected chi connectivity index (χ4v) is 4.86. The number of piperazine rings is 1. The molecule has 0 spiro atoms. The van der Waals surface area contributed by atoms with Crippen LogP contribution in [0.3, 0.4) is 0 Å². The number of carbonyl (C=O) groups is 2. The van der Waals surface area contributed by atoms with E-state index < -0.39 is 0 Å². The second-order valence-corrected chi connectivity index (χ2v) is 9.82. The smallest absolute Gasteiger partial charge is 0.323 e. The van der Waals surface area contributed by atoms with E-state index in [0.29, 0.717) is 23.5 Å². The molecule has 200 valence electrons. The van der Waals surface area contributed by atoms with Crippen LogP contribution >= 0.6 is 11.8 Å². The number of hydrogen-bond acceptors (Lipinski definition) is 6. The lowest BCUT2D eigenvalue weighted by atomic mass is 10.1. The Hall–Kier alpha value is -3.85. The van der Waals surface area contributed by atoms with Crippen molar-refractivity contribution in [1.82, 2.24) is 5.32 Å². The van der Waals surface area contributed by atoms with Gasteiger partial charge >= 0.3 is 6.03 Å². The predicted molar refractivity (Wildman–Crippen MR) is 157 cm³/mol. The van der Waals surface area contributed by atoms with Crippen molar-refractivity contribution in [1.29, 1.82) is 0 Å². The number of rotatable bonds is 9. The molecular weight excluding hydrogens is 498 g/mol. The van der Waals surface area contributed by atoms with Crippen molar-refractivity contribution in [3.8, 4) is 5.75 Å². The molecule has 38 heavy (non-hydrogen) atoms. The summed E-state index contributed by atoms with van der Waals surface area (Å²) in [5.41, 5.74) is 3.74. The van der Waals surface area contributed by atoms with Crippen molar-refractivity contribution < 1.29 is 14.3 Å². The Morgan fingerprint density at radius 1 is 0.868 bits per heavy atom. The average Bonchev–Trinajstić information content (AvgIpc) is 2.96. The molecule has 1 fully saturated rings. The molecule has 0 bridgehead atoms. The first kappa shape index (κ1) is 27.2.